The molecule has 6 aromatic rings. The van der Waals surface area contributed by atoms with Crippen molar-refractivity contribution in [1.82, 2.24) is 24.1 Å². The summed E-state index contributed by atoms with van der Waals surface area (Å²) in [5, 5.41) is 4.49. The molecule has 0 saturated heterocycles. The molecular formula is C28H19ClN6O3. The van der Waals surface area contributed by atoms with Gasteiger partial charge in [-0.1, -0.05) is 11.6 Å². The molecule has 0 atom stereocenters. The maximum absolute atomic E-state index is 13.2. The molecule has 9 nitrogen and oxygen atoms in total. The fourth-order valence-corrected chi connectivity index (χ4v) is 4.30. The summed E-state index contributed by atoms with van der Waals surface area (Å²) in [7, 11) is 1.90. The van der Waals surface area contributed by atoms with Gasteiger partial charge in [0.1, 0.15) is 28.9 Å². The lowest BCUT2D eigenvalue weighted by Gasteiger charge is -2.13. The molecule has 4 aromatic heterocycles. The van der Waals surface area contributed by atoms with Gasteiger partial charge in [0.05, 0.1) is 10.8 Å². The highest BCUT2D eigenvalue weighted by Crippen LogP contribution is 2.28. The highest BCUT2D eigenvalue weighted by Gasteiger charge is 2.17. The number of hydrogen-bond donors (Lipinski definition) is 1. The van der Waals surface area contributed by atoms with Gasteiger partial charge >= 0.3 is 0 Å². The first-order valence-electron chi connectivity index (χ1n) is 11.6. The van der Waals surface area contributed by atoms with Gasteiger partial charge in [-0.3, -0.25) is 9.59 Å². The summed E-state index contributed by atoms with van der Waals surface area (Å²) in [6.45, 7) is 0. The highest BCUT2D eigenvalue weighted by molar-refractivity contribution is 6.30. The number of halogens is 1. The molecule has 0 saturated carbocycles. The molecule has 186 valence electrons. The molecule has 0 bridgehead atoms. The van der Waals surface area contributed by atoms with E-state index < -0.39 is 11.3 Å². The summed E-state index contributed by atoms with van der Waals surface area (Å²) in [4.78, 5) is 39.3. The van der Waals surface area contributed by atoms with Crippen molar-refractivity contribution >= 4 is 45.3 Å². The number of rotatable bonds is 5. The summed E-state index contributed by atoms with van der Waals surface area (Å²) >= 11 is 6.04. The Morgan fingerprint density at radius 2 is 1.71 bits per heavy atom. The van der Waals surface area contributed by atoms with Crippen molar-refractivity contribution in [3.8, 4) is 17.3 Å². The number of amides is 1. The Hall–Kier alpha value is -5.02. The number of fused-ring (bicyclic) bond motifs is 2. The fourth-order valence-electron chi connectivity index (χ4n) is 4.17. The van der Waals surface area contributed by atoms with Gasteiger partial charge in [-0.25, -0.2) is 15.0 Å². The largest absolute Gasteiger partial charge is 0.438 e. The van der Waals surface area contributed by atoms with E-state index in [9.17, 15) is 9.59 Å². The number of aryl methyl sites for hydroxylation is 1. The van der Waals surface area contributed by atoms with E-state index in [1.54, 1.807) is 71.4 Å². The molecule has 0 unspecified atom stereocenters. The van der Waals surface area contributed by atoms with Crippen LogP contribution in [0.25, 0.3) is 27.8 Å². The zero-order chi connectivity index (χ0) is 26.2. The van der Waals surface area contributed by atoms with Crippen molar-refractivity contribution in [2.75, 3.05) is 5.32 Å². The number of aromatic nitrogens is 5. The molecule has 6 rings (SSSR count). The second-order valence-electron chi connectivity index (χ2n) is 8.52. The molecule has 0 radical (unpaired) electrons. The molecule has 0 aliphatic heterocycles. The number of nitrogens with one attached hydrogen (secondary N) is 1. The van der Waals surface area contributed by atoms with E-state index in [0.29, 0.717) is 39.1 Å². The van der Waals surface area contributed by atoms with E-state index in [0.717, 1.165) is 11.0 Å². The van der Waals surface area contributed by atoms with Crippen molar-refractivity contribution in [3.05, 3.63) is 112 Å². The minimum atomic E-state index is -0.543. The summed E-state index contributed by atoms with van der Waals surface area (Å²) < 4.78 is 9.52. The standard InChI is InChI=1S/C28H19ClN6O3/c1-34-14-12-22-25(34)31-16-32-28(22)38-20-10-6-18(7-11-20)33-27(37)23-15-35(19-8-4-17(29)5-9-19)26-21(24(23)36)3-2-13-30-26/h2-16H,1H3,(H,33,37). The number of anilines is 1. The van der Waals surface area contributed by atoms with Gasteiger partial charge in [-0.2, -0.15) is 0 Å². The molecule has 0 fully saturated rings. The van der Waals surface area contributed by atoms with Gasteiger partial charge in [-0.05, 0) is 66.7 Å². The Morgan fingerprint density at radius 1 is 0.921 bits per heavy atom. The lowest BCUT2D eigenvalue weighted by Crippen LogP contribution is -2.24. The first kappa shape index (κ1) is 23.4. The third-order valence-corrected chi connectivity index (χ3v) is 6.32. The van der Waals surface area contributed by atoms with Crippen LogP contribution < -0.4 is 15.5 Å². The summed E-state index contributed by atoms with van der Waals surface area (Å²) in [5.41, 5.74) is 1.98. The van der Waals surface area contributed by atoms with Crippen LogP contribution >= 0.6 is 11.6 Å². The Bertz CT molecular complexity index is 1880. The number of hydrogen-bond acceptors (Lipinski definition) is 6. The van der Waals surface area contributed by atoms with E-state index in [1.165, 1.54) is 12.5 Å². The molecule has 0 spiro atoms. The van der Waals surface area contributed by atoms with Crippen molar-refractivity contribution in [2.24, 2.45) is 7.05 Å². The Kier molecular flexibility index (Phi) is 5.82. The number of carbonyl (C=O) groups is 1. The zero-order valence-corrected chi connectivity index (χ0v) is 20.8. The lowest BCUT2D eigenvalue weighted by molar-refractivity contribution is 0.102. The van der Waals surface area contributed by atoms with Crippen molar-refractivity contribution in [1.29, 1.82) is 0 Å². The van der Waals surface area contributed by atoms with Crippen molar-refractivity contribution in [3.63, 3.8) is 0 Å². The van der Waals surface area contributed by atoms with Crippen molar-refractivity contribution in [2.45, 2.75) is 0 Å². The first-order chi connectivity index (χ1) is 18.5. The van der Waals surface area contributed by atoms with E-state index in [2.05, 4.69) is 20.3 Å². The predicted molar refractivity (Wildman–Crippen MR) is 145 cm³/mol. The van der Waals surface area contributed by atoms with Crippen LogP contribution in [0.1, 0.15) is 10.4 Å². The molecule has 1 N–H and O–H groups in total. The monoisotopic (exact) mass is 522 g/mol. The van der Waals surface area contributed by atoms with Gasteiger partial charge < -0.3 is 19.2 Å². The van der Waals surface area contributed by atoms with Crippen molar-refractivity contribution < 1.29 is 9.53 Å². The van der Waals surface area contributed by atoms with E-state index >= 15 is 0 Å². The summed E-state index contributed by atoms with van der Waals surface area (Å²) in [6.07, 6.45) is 6.42. The van der Waals surface area contributed by atoms with E-state index in [-0.39, 0.29) is 5.56 Å². The minimum Gasteiger partial charge on any atom is -0.438 e. The summed E-state index contributed by atoms with van der Waals surface area (Å²) in [6, 6.07) is 19.1. The molecular weight excluding hydrogens is 504 g/mol. The van der Waals surface area contributed by atoms with Gasteiger partial charge in [0.2, 0.25) is 11.3 Å². The van der Waals surface area contributed by atoms with Crippen LogP contribution in [0.5, 0.6) is 11.6 Å². The number of ether oxygens (including phenoxy) is 1. The normalized spacial score (nSPS) is 11.1. The molecule has 2 aromatic carbocycles. The third-order valence-electron chi connectivity index (χ3n) is 6.06. The highest BCUT2D eigenvalue weighted by atomic mass is 35.5. The number of pyridine rings is 2. The van der Waals surface area contributed by atoms with Crippen LogP contribution in [0, 0.1) is 0 Å². The van der Waals surface area contributed by atoms with E-state index in [4.69, 9.17) is 16.3 Å². The van der Waals surface area contributed by atoms with Crippen LogP contribution in [-0.2, 0) is 7.05 Å². The second-order valence-corrected chi connectivity index (χ2v) is 8.95. The minimum absolute atomic E-state index is 0.0202. The smallest absolute Gasteiger partial charge is 0.261 e. The molecule has 10 heteroatoms. The Labute approximate surface area is 220 Å². The van der Waals surface area contributed by atoms with Crippen LogP contribution in [-0.4, -0.2) is 30.0 Å². The molecule has 0 aliphatic carbocycles. The van der Waals surface area contributed by atoms with Crippen LogP contribution in [0.4, 0.5) is 5.69 Å². The first-order valence-corrected chi connectivity index (χ1v) is 12.0. The maximum Gasteiger partial charge on any atom is 0.261 e. The topological polar surface area (TPSA) is 104 Å². The van der Waals surface area contributed by atoms with Gasteiger partial charge in [-0.15, -0.1) is 0 Å². The lowest BCUT2D eigenvalue weighted by atomic mass is 10.1. The Morgan fingerprint density at radius 3 is 2.50 bits per heavy atom. The maximum atomic E-state index is 13.2. The molecule has 0 aliphatic rings. The van der Waals surface area contributed by atoms with Gasteiger partial charge in [0, 0.05) is 42.0 Å². The predicted octanol–water partition coefficient (Wildman–Crippen LogP) is 5.37. The second kappa shape index (κ2) is 9.45. The molecule has 4 heterocycles. The fraction of sp³-hybridized carbons (Fsp3) is 0.0357. The van der Waals surface area contributed by atoms with Crippen LogP contribution in [0.3, 0.4) is 0 Å². The molecule has 1 amide bonds. The van der Waals surface area contributed by atoms with Gasteiger partial charge in [0.15, 0.2) is 0 Å². The number of carbonyl (C=O) groups excluding carboxylic acids is 1. The van der Waals surface area contributed by atoms with Crippen LogP contribution in [0.15, 0.2) is 96.4 Å². The number of nitrogens with zero attached hydrogens (tertiary/aromatic N) is 5. The Balaban J connectivity index is 1.28. The molecule has 38 heavy (non-hydrogen) atoms. The van der Waals surface area contributed by atoms with Gasteiger partial charge in [0.25, 0.3) is 5.91 Å². The third kappa shape index (κ3) is 4.25. The average molecular weight is 523 g/mol. The SMILES string of the molecule is Cn1ccc2c(Oc3ccc(NC(=O)c4cn(-c5ccc(Cl)cc5)c5ncccc5c4=O)cc3)ncnc21. The quantitative estimate of drug-likeness (QED) is 0.326. The zero-order valence-electron chi connectivity index (χ0n) is 20.0. The van der Waals surface area contributed by atoms with Crippen LogP contribution in [0.2, 0.25) is 5.02 Å². The average Bonchev–Trinajstić information content (AvgIpc) is 3.32. The summed E-state index contributed by atoms with van der Waals surface area (Å²) in [5.74, 6) is 0.424. The van der Waals surface area contributed by atoms with E-state index in [1.807, 2.05) is 23.9 Å². The number of benzene rings is 2.